The Hall–Kier alpha value is -8.61. The Kier molecular flexibility index (Phi) is 10.5. The highest BCUT2D eigenvalue weighted by Gasteiger charge is 2.24. The van der Waals surface area contributed by atoms with Crippen molar-refractivity contribution in [3.8, 4) is 39.9 Å². The summed E-state index contributed by atoms with van der Waals surface area (Å²) in [4.78, 5) is 20.0. The Labute approximate surface area is 385 Å². The van der Waals surface area contributed by atoms with Crippen molar-refractivity contribution < 1.29 is 0 Å². The number of aryl methyl sites for hydroxylation is 1. The third-order valence-electron chi connectivity index (χ3n) is 12.5. The minimum Gasteiger partial charge on any atom is -0.310 e. The lowest BCUT2D eigenvalue weighted by molar-refractivity contribution is 1.06. The van der Waals surface area contributed by atoms with E-state index in [9.17, 15) is 0 Å². The number of benzene rings is 9. The molecule has 6 nitrogen and oxygen atoms in total. The Morgan fingerprint density at radius 1 is 0.333 bits per heavy atom. The molecule has 0 aliphatic rings. The van der Waals surface area contributed by atoms with Crippen LogP contribution < -0.4 is 9.80 Å². The molecule has 0 unspecified atom stereocenters. The lowest BCUT2D eigenvalue weighted by atomic mass is 9.95. The number of anilines is 6. The van der Waals surface area contributed by atoms with Crippen molar-refractivity contribution in [2.24, 2.45) is 0 Å². The summed E-state index contributed by atoms with van der Waals surface area (Å²) in [6.45, 7) is 6.61. The van der Waals surface area contributed by atoms with Gasteiger partial charge in [-0.2, -0.15) is 0 Å². The molecule has 0 aliphatic carbocycles. The van der Waals surface area contributed by atoms with E-state index in [4.69, 9.17) is 15.0 Å². The maximum atomic E-state index is 5.17. The highest BCUT2D eigenvalue weighted by Crippen LogP contribution is 2.44. The van der Waals surface area contributed by atoms with Crippen LogP contribution in [0, 0.1) is 20.8 Å². The maximum absolute atomic E-state index is 5.17. The first-order chi connectivity index (χ1) is 32.5. The molecule has 0 spiro atoms. The summed E-state index contributed by atoms with van der Waals surface area (Å²) in [5.41, 5.74) is 16.1. The average molecular weight is 851 g/mol. The minimum atomic E-state index is 0.647. The fraction of sp³-hybridized carbons (Fsp3) is 0.0500. The molecule has 6 heteroatoms. The van der Waals surface area contributed by atoms with Gasteiger partial charge in [0.2, 0.25) is 0 Å². The standard InChI is InChI=1S/C60H46N6/c1-41-38-56(42(2)43(3)57(41)60-62-58(44-22-10-4-11-23-44)61-59(63-60)45-24-12-5-13-25-45)66-54-36-34-50(64(46-26-14-6-15-27-46)47-28-16-7-17-29-47)39-52(54)53-40-51(35-37-55(53)66)65(48-30-18-8-19-31-48)49-32-20-9-21-33-49/h4-40H,1-3H3. The van der Waals surface area contributed by atoms with Gasteiger partial charge in [0.05, 0.1) is 11.0 Å². The molecule has 66 heavy (non-hydrogen) atoms. The molecule has 316 valence electrons. The van der Waals surface area contributed by atoms with Crippen molar-refractivity contribution in [1.29, 1.82) is 0 Å². The van der Waals surface area contributed by atoms with Gasteiger partial charge in [-0.3, -0.25) is 0 Å². The first-order valence-corrected chi connectivity index (χ1v) is 22.4. The van der Waals surface area contributed by atoms with Gasteiger partial charge in [-0.25, -0.2) is 15.0 Å². The van der Waals surface area contributed by atoms with Crippen LogP contribution in [0.25, 0.3) is 61.7 Å². The van der Waals surface area contributed by atoms with E-state index in [0.717, 1.165) is 95.0 Å². The summed E-state index contributed by atoms with van der Waals surface area (Å²) in [5.74, 6) is 1.95. The lowest BCUT2D eigenvalue weighted by Gasteiger charge is -2.26. The maximum Gasteiger partial charge on any atom is 0.164 e. The molecule has 0 saturated heterocycles. The molecule has 0 saturated carbocycles. The third-order valence-corrected chi connectivity index (χ3v) is 12.5. The summed E-state index contributed by atoms with van der Waals surface area (Å²) in [5, 5.41) is 2.30. The van der Waals surface area contributed by atoms with Crippen LogP contribution >= 0.6 is 0 Å². The van der Waals surface area contributed by atoms with E-state index in [-0.39, 0.29) is 0 Å². The summed E-state index contributed by atoms with van der Waals surface area (Å²) in [6, 6.07) is 78.9. The molecule has 2 aromatic heterocycles. The van der Waals surface area contributed by atoms with Crippen LogP contribution in [0.2, 0.25) is 0 Å². The second-order valence-corrected chi connectivity index (χ2v) is 16.6. The molecule has 11 rings (SSSR count). The first-order valence-electron chi connectivity index (χ1n) is 22.4. The number of para-hydroxylation sites is 4. The van der Waals surface area contributed by atoms with Gasteiger partial charge in [-0.15, -0.1) is 0 Å². The number of aromatic nitrogens is 4. The highest BCUT2D eigenvalue weighted by molar-refractivity contribution is 6.12. The second kappa shape index (κ2) is 17.2. The number of fused-ring (bicyclic) bond motifs is 3. The van der Waals surface area contributed by atoms with Gasteiger partial charge in [0.25, 0.3) is 0 Å². The SMILES string of the molecule is Cc1cc(-n2c3ccc(N(c4ccccc4)c4ccccc4)cc3c3cc(N(c4ccccc4)c4ccccc4)ccc32)c(C)c(C)c1-c1nc(-c2ccccc2)nc(-c2ccccc2)n1. The Balaban J connectivity index is 1.14. The van der Waals surface area contributed by atoms with E-state index < -0.39 is 0 Å². The molecule has 0 bridgehead atoms. The van der Waals surface area contributed by atoms with Gasteiger partial charge in [-0.1, -0.05) is 133 Å². The number of nitrogens with zero attached hydrogens (tertiary/aromatic N) is 6. The van der Waals surface area contributed by atoms with Crippen molar-refractivity contribution in [1.82, 2.24) is 19.5 Å². The van der Waals surface area contributed by atoms with E-state index >= 15 is 0 Å². The Morgan fingerprint density at radius 2 is 0.682 bits per heavy atom. The van der Waals surface area contributed by atoms with Gasteiger partial charge < -0.3 is 14.4 Å². The van der Waals surface area contributed by atoms with Gasteiger partial charge >= 0.3 is 0 Å². The van der Waals surface area contributed by atoms with E-state index in [1.54, 1.807) is 0 Å². The van der Waals surface area contributed by atoms with Crippen LogP contribution in [-0.2, 0) is 0 Å². The molecule has 0 N–H and O–H groups in total. The van der Waals surface area contributed by atoms with E-state index in [2.05, 4.69) is 223 Å². The second-order valence-electron chi connectivity index (χ2n) is 16.6. The fourth-order valence-corrected chi connectivity index (χ4v) is 9.30. The number of rotatable bonds is 10. The van der Waals surface area contributed by atoms with E-state index in [1.807, 2.05) is 36.4 Å². The summed E-state index contributed by atoms with van der Waals surface area (Å²) in [7, 11) is 0. The monoisotopic (exact) mass is 850 g/mol. The quantitative estimate of drug-likeness (QED) is 0.137. The molecule has 0 fully saturated rings. The molecule has 2 heterocycles. The molecule has 0 radical (unpaired) electrons. The lowest BCUT2D eigenvalue weighted by Crippen LogP contribution is -2.09. The Bertz CT molecular complexity index is 3210. The predicted molar refractivity (Wildman–Crippen MR) is 274 cm³/mol. The molecule has 11 aromatic rings. The molecule has 0 atom stereocenters. The van der Waals surface area contributed by atoms with Crippen molar-refractivity contribution >= 4 is 55.9 Å². The van der Waals surface area contributed by atoms with E-state index in [1.165, 1.54) is 0 Å². The van der Waals surface area contributed by atoms with Gasteiger partial charge in [0, 0.05) is 67.3 Å². The summed E-state index contributed by atoms with van der Waals surface area (Å²) >= 11 is 0. The topological polar surface area (TPSA) is 50.1 Å². The van der Waals surface area contributed by atoms with Crippen LogP contribution in [0.5, 0.6) is 0 Å². The third kappa shape index (κ3) is 7.34. The van der Waals surface area contributed by atoms with Gasteiger partial charge in [0.15, 0.2) is 17.5 Å². The normalized spacial score (nSPS) is 11.3. The van der Waals surface area contributed by atoms with Crippen molar-refractivity contribution in [3.05, 3.63) is 241 Å². The van der Waals surface area contributed by atoms with Gasteiger partial charge in [-0.05, 0) is 128 Å². The zero-order valence-corrected chi connectivity index (χ0v) is 37.0. The van der Waals surface area contributed by atoms with Crippen LogP contribution in [-0.4, -0.2) is 19.5 Å². The predicted octanol–water partition coefficient (Wildman–Crippen LogP) is 15.8. The van der Waals surface area contributed by atoms with E-state index in [0.29, 0.717) is 17.5 Å². The molecule has 0 aliphatic heterocycles. The minimum absolute atomic E-state index is 0.647. The van der Waals surface area contributed by atoms with Gasteiger partial charge in [0.1, 0.15) is 0 Å². The first kappa shape index (κ1) is 40.2. The average Bonchev–Trinajstić information content (AvgIpc) is 3.70. The zero-order chi connectivity index (χ0) is 44.6. The summed E-state index contributed by atoms with van der Waals surface area (Å²) in [6.07, 6.45) is 0. The smallest absolute Gasteiger partial charge is 0.164 e. The highest BCUT2D eigenvalue weighted by atomic mass is 15.2. The number of hydrogen-bond donors (Lipinski definition) is 0. The molecule has 9 aromatic carbocycles. The van der Waals surface area contributed by atoms with Crippen LogP contribution in [0.15, 0.2) is 224 Å². The van der Waals surface area contributed by atoms with Crippen LogP contribution in [0.4, 0.5) is 34.1 Å². The van der Waals surface area contributed by atoms with Crippen molar-refractivity contribution in [2.75, 3.05) is 9.80 Å². The van der Waals surface area contributed by atoms with Crippen molar-refractivity contribution in [3.63, 3.8) is 0 Å². The number of hydrogen-bond acceptors (Lipinski definition) is 5. The summed E-state index contributed by atoms with van der Waals surface area (Å²) < 4.78 is 2.44. The van der Waals surface area contributed by atoms with Crippen LogP contribution in [0.1, 0.15) is 16.7 Å². The largest absolute Gasteiger partial charge is 0.310 e. The molecular formula is C60H46N6. The fourth-order valence-electron chi connectivity index (χ4n) is 9.30. The Morgan fingerprint density at radius 3 is 1.06 bits per heavy atom. The zero-order valence-electron chi connectivity index (χ0n) is 37.0. The molecule has 0 amide bonds. The van der Waals surface area contributed by atoms with Crippen LogP contribution in [0.3, 0.4) is 0 Å². The van der Waals surface area contributed by atoms with Crippen molar-refractivity contribution in [2.45, 2.75) is 20.8 Å². The molecular weight excluding hydrogens is 805 g/mol.